The molecule has 0 bridgehead atoms. The first-order valence-electron chi connectivity index (χ1n) is 8.37. The topological polar surface area (TPSA) is 49.4 Å². The van der Waals surface area contributed by atoms with Gasteiger partial charge in [-0.15, -0.1) is 46.4 Å². The van der Waals surface area contributed by atoms with Crippen LogP contribution in [0.4, 0.5) is 11.4 Å². The number of carbonyl (C=O) groups excluding carboxylic acids is 2. The average molecular weight is 438 g/mol. The van der Waals surface area contributed by atoms with Gasteiger partial charge in [-0.05, 0) is 51.8 Å². The molecule has 0 aromatic heterocycles. The van der Waals surface area contributed by atoms with E-state index < -0.39 is 19.5 Å². The number of nitrogens with one attached hydrogen (secondary N) is 1. The number of rotatable bonds is 5. The summed E-state index contributed by atoms with van der Waals surface area (Å²) < 4.78 is -2.07. The number of anilines is 2. The van der Waals surface area contributed by atoms with Crippen molar-refractivity contribution in [3.63, 3.8) is 0 Å². The first-order chi connectivity index (χ1) is 11.9. The zero-order valence-corrected chi connectivity index (χ0v) is 17.7. The lowest BCUT2D eigenvalue weighted by molar-refractivity contribution is -0.123. The normalized spacial score (nSPS) is 30.4. The first kappa shape index (κ1) is 20.1. The van der Waals surface area contributed by atoms with E-state index in [1.165, 1.54) is 0 Å². The lowest BCUT2D eigenvalue weighted by Gasteiger charge is -2.26. The Labute approximate surface area is 173 Å². The molecule has 0 radical (unpaired) electrons. The molecule has 0 heterocycles. The maximum atomic E-state index is 12.9. The minimum Gasteiger partial charge on any atom is -0.325 e. The molecule has 2 atom stereocenters. The molecule has 2 fully saturated rings. The van der Waals surface area contributed by atoms with E-state index in [1.807, 2.05) is 6.92 Å². The van der Waals surface area contributed by atoms with Gasteiger partial charge in [-0.2, -0.15) is 0 Å². The largest absolute Gasteiger partial charge is 0.325 e. The molecular formula is C18H20Cl4N2O2. The van der Waals surface area contributed by atoms with E-state index in [2.05, 4.69) is 5.32 Å². The van der Waals surface area contributed by atoms with E-state index in [0.29, 0.717) is 30.8 Å². The van der Waals surface area contributed by atoms with Gasteiger partial charge in [0.05, 0.1) is 10.8 Å². The summed E-state index contributed by atoms with van der Waals surface area (Å²) in [6.45, 7) is 5.82. The zero-order valence-electron chi connectivity index (χ0n) is 14.7. The van der Waals surface area contributed by atoms with Crippen molar-refractivity contribution in [1.82, 2.24) is 0 Å². The molecule has 8 heteroatoms. The fraction of sp³-hybridized carbons (Fsp3) is 0.556. The standard InChI is InChI=1S/C18H20Cl4N2O2/c1-4-24(14(26)16(3)10-18(16,21)22)12-7-5-6-11(8-12)23-13(25)15(2)9-17(15,19)20/h5-8H,4,9-10H2,1-3H3,(H,23,25). The molecule has 4 nitrogen and oxygen atoms in total. The summed E-state index contributed by atoms with van der Waals surface area (Å²) in [5.74, 6) is -0.383. The molecule has 1 aromatic carbocycles. The SMILES string of the molecule is CCN(C(=O)C1(C)CC1(Cl)Cl)c1cccc(NC(=O)C2(C)CC2(Cl)Cl)c1. The number of hydrogen-bond donors (Lipinski definition) is 1. The second-order valence-corrected chi connectivity index (χ2v) is 10.4. The third-order valence-corrected chi connectivity index (χ3v) is 7.67. The predicted octanol–water partition coefficient (Wildman–Crippen LogP) is 5.15. The molecule has 0 spiro atoms. The summed E-state index contributed by atoms with van der Waals surface area (Å²) in [4.78, 5) is 27.0. The number of amides is 2. The van der Waals surface area contributed by atoms with E-state index in [0.717, 1.165) is 0 Å². The van der Waals surface area contributed by atoms with Gasteiger partial charge in [0.15, 0.2) is 0 Å². The smallest absolute Gasteiger partial charge is 0.236 e. The Balaban J connectivity index is 1.78. The third-order valence-electron chi connectivity index (χ3n) is 5.47. The Morgan fingerprint density at radius 1 is 1.08 bits per heavy atom. The Hall–Kier alpha value is -0.680. The minimum absolute atomic E-state index is 0.136. The molecule has 2 unspecified atom stereocenters. The van der Waals surface area contributed by atoms with Gasteiger partial charge < -0.3 is 10.2 Å². The summed E-state index contributed by atoms with van der Waals surface area (Å²) in [7, 11) is 0. The maximum absolute atomic E-state index is 12.9. The summed E-state index contributed by atoms with van der Waals surface area (Å²) in [6.07, 6.45) is 0.820. The van der Waals surface area contributed by atoms with Crippen LogP contribution in [0.25, 0.3) is 0 Å². The van der Waals surface area contributed by atoms with E-state index in [-0.39, 0.29) is 11.8 Å². The molecule has 0 saturated heterocycles. The van der Waals surface area contributed by atoms with Crippen molar-refractivity contribution in [1.29, 1.82) is 0 Å². The minimum atomic E-state index is -1.04. The van der Waals surface area contributed by atoms with Crippen molar-refractivity contribution in [3.05, 3.63) is 24.3 Å². The quantitative estimate of drug-likeness (QED) is 0.647. The van der Waals surface area contributed by atoms with Gasteiger partial charge in [0, 0.05) is 17.9 Å². The van der Waals surface area contributed by atoms with Gasteiger partial charge in [0.25, 0.3) is 0 Å². The highest BCUT2D eigenvalue weighted by atomic mass is 35.5. The van der Waals surface area contributed by atoms with Crippen LogP contribution in [0.3, 0.4) is 0 Å². The fourth-order valence-corrected chi connectivity index (χ4v) is 4.44. The monoisotopic (exact) mass is 436 g/mol. The number of hydrogen-bond acceptors (Lipinski definition) is 2. The van der Waals surface area contributed by atoms with Crippen molar-refractivity contribution < 1.29 is 9.59 Å². The highest BCUT2D eigenvalue weighted by Crippen LogP contribution is 2.65. The molecule has 2 saturated carbocycles. The second-order valence-electron chi connectivity index (χ2n) is 7.48. The highest BCUT2D eigenvalue weighted by molar-refractivity contribution is 6.54. The van der Waals surface area contributed by atoms with E-state index in [1.54, 1.807) is 43.0 Å². The summed E-state index contributed by atoms with van der Waals surface area (Å²) in [5.41, 5.74) is -0.384. The van der Waals surface area contributed by atoms with Crippen molar-refractivity contribution in [2.45, 2.75) is 42.3 Å². The number of carbonyl (C=O) groups is 2. The fourth-order valence-electron chi connectivity index (χ4n) is 3.04. The Kier molecular flexibility index (Phi) is 4.76. The van der Waals surface area contributed by atoms with Gasteiger partial charge in [0.1, 0.15) is 8.67 Å². The Morgan fingerprint density at radius 2 is 1.62 bits per heavy atom. The summed E-state index contributed by atoms with van der Waals surface area (Å²) in [6, 6.07) is 7.07. The number of alkyl halides is 4. The van der Waals surface area contributed by atoms with Gasteiger partial charge in [-0.1, -0.05) is 6.07 Å². The van der Waals surface area contributed by atoms with Crippen LogP contribution in [0.5, 0.6) is 0 Å². The van der Waals surface area contributed by atoms with Crippen LogP contribution in [-0.4, -0.2) is 27.0 Å². The molecule has 0 aliphatic heterocycles. The van der Waals surface area contributed by atoms with Gasteiger partial charge >= 0.3 is 0 Å². The van der Waals surface area contributed by atoms with Crippen LogP contribution < -0.4 is 10.2 Å². The molecule has 2 aliphatic carbocycles. The van der Waals surface area contributed by atoms with Crippen LogP contribution in [0.2, 0.25) is 0 Å². The lowest BCUT2D eigenvalue weighted by Crippen LogP contribution is -2.38. The molecule has 1 aromatic rings. The summed E-state index contributed by atoms with van der Waals surface area (Å²) >= 11 is 24.4. The molecule has 26 heavy (non-hydrogen) atoms. The molecule has 3 rings (SSSR count). The number of halogens is 4. The maximum Gasteiger partial charge on any atom is 0.236 e. The van der Waals surface area contributed by atoms with Crippen molar-refractivity contribution in [3.8, 4) is 0 Å². The second kappa shape index (κ2) is 6.16. The van der Waals surface area contributed by atoms with Gasteiger partial charge in [-0.25, -0.2) is 0 Å². The van der Waals surface area contributed by atoms with Crippen molar-refractivity contribution in [2.75, 3.05) is 16.8 Å². The van der Waals surface area contributed by atoms with E-state index >= 15 is 0 Å². The average Bonchev–Trinajstić information content (AvgIpc) is 3.28. The molecule has 2 amide bonds. The van der Waals surface area contributed by atoms with Crippen LogP contribution in [0.15, 0.2) is 24.3 Å². The molecular weight excluding hydrogens is 418 g/mol. The van der Waals surface area contributed by atoms with Crippen LogP contribution in [0.1, 0.15) is 33.6 Å². The van der Waals surface area contributed by atoms with Crippen LogP contribution >= 0.6 is 46.4 Å². The van der Waals surface area contributed by atoms with Crippen LogP contribution in [0, 0.1) is 10.8 Å². The number of benzene rings is 1. The lowest BCUT2D eigenvalue weighted by atomic mass is 10.1. The highest BCUT2D eigenvalue weighted by Gasteiger charge is 2.69. The van der Waals surface area contributed by atoms with E-state index in [4.69, 9.17) is 46.4 Å². The molecule has 2 aliphatic rings. The van der Waals surface area contributed by atoms with Gasteiger partial charge in [0.2, 0.25) is 11.8 Å². The first-order valence-corrected chi connectivity index (χ1v) is 9.88. The van der Waals surface area contributed by atoms with E-state index in [9.17, 15) is 9.59 Å². The Bertz CT molecular complexity index is 782. The van der Waals surface area contributed by atoms with Crippen molar-refractivity contribution >= 4 is 69.6 Å². The molecule has 142 valence electrons. The number of nitrogens with zero attached hydrogens (tertiary/aromatic N) is 1. The third kappa shape index (κ3) is 3.09. The van der Waals surface area contributed by atoms with Crippen LogP contribution in [-0.2, 0) is 9.59 Å². The predicted molar refractivity (Wildman–Crippen MR) is 107 cm³/mol. The van der Waals surface area contributed by atoms with Gasteiger partial charge in [-0.3, -0.25) is 9.59 Å². The van der Waals surface area contributed by atoms with Crippen molar-refractivity contribution in [2.24, 2.45) is 10.8 Å². The Morgan fingerprint density at radius 3 is 2.08 bits per heavy atom. The molecule has 1 N–H and O–H groups in total. The summed E-state index contributed by atoms with van der Waals surface area (Å²) in [5, 5.41) is 2.83. The zero-order chi connectivity index (χ0) is 19.5.